The van der Waals surface area contributed by atoms with Gasteiger partial charge in [-0.15, -0.1) is 0 Å². The lowest BCUT2D eigenvalue weighted by atomic mass is 9.76. The maximum Gasteiger partial charge on any atom is 0.386 e. The Bertz CT molecular complexity index is 566. The van der Waals surface area contributed by atoms with E-state index >= 15 is 0 Å². The molecule has 0 spiro atoms. The number of halogens is 3. The third-order valence-electron chi connectivity index (χ3n) is 5.33. The summed E-state index contributed by atoms with van der Waals surface area (Å²) in [4.78, 5) is 0. The molecule has 1 aliphatic carbocycles. The van der Waals surface area contributed by atoms with Gasteiger partial charge in [0.1, 0.15) is 0 Å². The fraction of sp³-hybridized carbons (Fsp3) is 0.667. The van der Waals surface area contributed by atoms with Crippen LogP contribution in [-0.4, -0.2) is 11.2 Å². The summed E-state index contributed by atoms with van der Waals surface area (Å²) < 4.78 is 47.4. The molecule has 3 rings (SSSR count). The molecule has 1 heterocycles. The predicted molar refractivity (Wildman–Crippen MR) is 80.9 cm³/mol. The van der Waals surface area contributed by atoms with Crippen LogP contribution in [0.4, 0.5) is 13.2 Å². The summed E-state index contributed by atoms with van der Waals surface area (Å²) in [7, 11) is 0. The van der Waals surface area contributed by atoms with Gasteiger partial charge in [-0.25, -0.2) is 4.39 Å². The number of ether oxygens (including phenoxy) is 1. The molecule has 1 aromatic rings. The molecule has 0 radical (unpaired) electrons. The monoisotopic (exact) mass is 328 g/mol. The van der Waals surface area contributed by atoms with E-state index in [9.17, 15) is 18.3 Å². The molecule has 0 amide bonds. The van der Waals surface area contributed by atoms with Crippen LogP contribution in [0.2, 0.25) is 0 Å². The van der Waals surface area contributed by atoms with E-state index in [-0.39, 0.29) is 17.9 Å². The Morgan fingerprint density at radius 1 is 1.22 bits per heavy atom. The molecule has 1 atom stereocenters. The van der Waals surface area contributed by atoms with Gasteiger partial charge in [-0.2, -0.15) is 8.78 Å². The van der Waals surface area contributed by atoms with Gasteiger partial charge >= 0.3 is 6.11 Å². The Morgan fingerprint density at radius 3 is 2.57 bits per heavy atom. The SMILES string of the molecule is CCCC1CCC(C2Cc3ccc(O)c(F)c3C(F)(F)O2)CC1. The normalized spacial score (nSPS) is 30.0. The molecule has 1 fully saturated rings. The van der Waals surface area contributed by atoms with Gasteiger partial charge in [-0.1, -0.05) is 38.7 Å². The third-order valence-corrected chi connectivity index (χ3v) is 5.33. The van der Waals surface area contributed by atoms with Gasteiger partial charge in [0.2, 0.25) is 0 Å². The Hall–Kier alpha value is -1.23. The number of phenolic OH excluding ortho intramolecular Hbond substituents is 1. The standard InChI is InChI=1S/C18H23F3O2/c1-2-3-11-4-6-12(7-5-11)15-10-13-8-9-14(22)17(19)16(13)18(20,21)23-15/h8-9,11-12,15,22H,2-7,10H2,1H3. The molecule has 1 saturated carbocycles. The first-order valence-electron chi connectivity index (χ1n) is 8.48. The Kier molecular flexibility index (Phi) is 4.59. The zero-order chi connectivity index (χ0) is 16.6. The minimum absolute atomic E-state index is 0.0963. The van der Waals surface area contributed by atoms with Gasteiger partial charge in [0.05, 0.1) is 11.7 Å². The maximum atomic E-state index is 14.3. The van der Waals surface area contributed by atoms with Gasteiger partial charge in [0.25, 0.3) is 0 Å². The van der Waals surface area contributed by atoms with Crippen molar-refractivity contribution in [2.75, 3.05) is 0 Å². The molecule has 128 valence electrons. The van der Waals surface area contributed by atoms with Crippen LogP contribution in [-0.2, 0) is 17.3 Å². The number of aromatic hydroxyl groups is 1. The Morgan fingerprint density at radius 2 is 1.91 bits per heavy atom. The first-order chi connectivity index (χ1) is 10.9. The number of alkyl halides is 2. The van der Waals surface area contributed by atoms with E-state index in [0.29, 0.717) is 5.92 Å². The second-order valence-electron chi connectivity index (χ2n) is 6.88. The fourth-order valence-corrected chi connectivity index (χ4v) is 4.12. The van der Waals surface area contributed by atoms with E-state index in [0.717, 1.165) is 38.2 Å². The second-order valence-corrected chi connectivity index (χ2v) is 6.88. The van der Waals surface area contributed by atoms with Crippen molar-refractivity contribution in [2.45, 2.75) is 64.1 Å². The molecule has 1 aliphatic heterocycles. The smallest absolute Gasteiger partial charge is 0.386 e. The van der Waals surface area contributed by atoms with Crippen molar-refractivity contribution < 1.29 is 23.0 Å². The summed E-state index contributed by atoms with van der Waals surface area (Å²) in [6.45, 7) is 2.16. The third kappa shape index (κ3) is 3.21. The molecule has 2 aliphatic rings. The number of hydrogen-bond donors (Lipinski definition) is 1. The molecule has 1 unspecified atom stereocenters. The summed E-state index contributed by atoms with van der Waals surface area (Å²) in [6.07, 6.45) is 2.27. The highest BCUT2D eigenvalue weighted by atomic mass is 19.3. The average Bonchev–Trinajstić information content (AvgIpc) is 2.51. The maximum absolute atomic E-state index is 14.3. The van der Waals surface area contributed by atoms with Crippen LogP contribution in [0.15, 0.2) is 12.1 Å². The van der Waals surface area contributed by atoms with E-state index in [1.165, 1.54) is 12.5 Å². The lowest BCUT2D eigenvalue weighted by Crippen LogP contribution is -2.40. The van der Waals surface area contributed by atoms with Crippen molar-refractivity contribution in [2.24, 2.45) is 11.8 Å². The number of hydrogen-bond acceptors (Lipinski definition) is 2. The molecular weight excluding hydrogens is 305 g/mol. The highest BCUT2D eigenvalue weighted by molar-refractivity contribution is 5.40. The second kappa shape index (κ2) is 6.34. The zero-order valence-electron chi connectivity index (χ0n) is 13.3. The first-order valence-corrected chi connectivity index (χ1v) is 8.48. The molecule has 0 aromatic heterocycles. The first kappa shape index (κ1) is 16.6. The topological polar surface area (TPSA) is 29.5 Å². The van der Waals surface area contributed by atoms with Crippen LogP contribution in [0.1, 0.15) is 56.6 Å². The number of phenols is 1. The van der Waals surface area contributed by atoms with Crippen LogP contribution < -0.4 is 0 Å². The minimum Gasteiger partial charge on any atom is -0.505 e. The summed E-state index contributed by atoms with van der Waals surface area (Å²) in [5, 5.41) is 9.34. The summed E-state index contributed by atoms with van der Waals surface area (Å²) >= 11 is 0. The zero-order valence-corrected chi connectivity index (χ0v) is 13.3. The number of rotatable bonds is 3. The minimum atomic E-state index is -3.68. The van der Waals surface area contributed by atoms with Crippen molar-refractivity contribution in [3.05, 3.63) is 29.1 Å². The summed E-state index contributed by atoms with van der Waals surface area (Å²) in [5.74, 6) is -1.23. The van der Waals surface area contributed by atoms with Crippen LogP contribution in [0, 0.1) is 17.7 Å². The Balaban J connectivity index is 1.76. The van der Waals surface area contributed by atoms with Crippen molar-refractivity contribution in [1.82, 2.24) is 0 Å². The lowest BCUT2D eigenvalue weighted by molar-refractivity contribution is -0.292. The van der Waals surface area contributed by atoms with Gasteiger partial charge < -0.3 is 9.84 Å². The quantitative estimate of drug-likeness (QED) is 0.833. The van der Waals surface area contributed by atoms with E-state index in [4.69, 9.17) is 4.74 Å². The molecule has 1 aromatic carbocycles. The number of fused-ring (bicyclic) bond motifs is 1. The van der Waals surface area contributed by atoms with E-state index < -0.39 is 29.3 Å². The van der Waals surface area contributed by atoms with Crippen molar-refractivity contribution >= 4 is 0 Å². The van der Waals surface area contributed by atoms with E-state index in [2.05, 4.69) is 6.92 Å². The highest BCUT2D eigenvalue weighted by Crippen LogP contribution is 2.46. The highest BCUT2D eigenvalue weighted by Gasteiger charge is 2.47. The van der Waals surface area contributed by atoms with Crippen LogP contribution in [0.5, 0.6) is 5.75 Å². The van der Waals surface area contributed by atoms with Crippen LogP contribution >= 0.6 is 0 Å². The molecule has 0 saturated heterocycles. The molecule has 2 nitrogen and oxygen atoms in total. The summed E-state index contributed by atoms with van der Waals surface area (Å²) in [6, 6.07) is 2.53. The van der Waals surface area contributed by atoms with Crippen molar-refractivity contribution in [3.63, 3.8) is 0 Å². The van der Waals surface area contributed by atoms with Gasteiger partial charge in [0.15, 0.2) is 11.6 Å². The Labute approximate surface area is 134 Å². The van der Waals surface area contributed by atoms with E-state index in [1.807, 2.05) is 0 Å². The fourth-order valence-electron chi connectivity index (χ4n) is 4.12. The van der Waals surface area contributed by atoms with E-state index in [1.54, 1.807) is 0 Å². The van der Waals surface area contributed by atoms with Crippen molar-refractivity contribution in [1.29, 1.82) is 0 Å². The lowest BCUT2D eigenvalue weighted by Gasteiger charge is -2.39. The van der Waals surface area contributed by atoms with Gasteiger partial charge in [-0.05, 0) is 42.7 Å². The van der Waals surface area contributed by atoms with Crippen molar-refractivity contribution in [3.8, 4) is 5.75 Å². The number of benzene rings is 1. The molecule has 23 heavy (non-hydrogen) atoms. The molecule has 1 N–H and O–H groups in total. The molecule has 5 heteroatoms. The largest absolute Gasteiger partial charge is 0.505 e. The van der Waals surface area contributed by atoms with Crippen LogP contribution in [0.25, 0.3) is 0 Å². The molecule has 0 bridgehead atoms. The van der Waals surface area contributed by atoms with Gasteiger partial charge in [-0.3, -0.25) is 0 Å². The van der Waals surface area contributed by atoms with Crippen LogP contribution in [0.3, 0.4) is 0 Å². The molecular formula is C18H23F3O2. The summed E-state index contributed by atoms with van der Waals surface area (Å²) in [5.41, 5.74) is -0.550. The van der Waals surface area contributed by atoms with Gasteiger partial charge in [0, 0.05) is 0 Å². The average molecular weight is 328 g/mol. The predicted octanol–water partition coefficient (Wildman–Crippen LogP) is 5.13.